The molecule has 0 aromatic carbocycles. The molecule has 29 heavy (non-hydrogen) atoms. The average molecular weight is 454 g/mol. The fraction of sp³-hybridized carbons (Fsp3) is 0.316. The largest absolute Gasteiger partial charge is 0.369 e. The number of rotatable bonds is 4. The topological polar surface area (TPSA) is 121 Å². The maximum atomic E-state index is 8.69. The minimum atomic E-state index is 0.284. The number of aromatic nitrogens is 4. The van der Waals surface area contributed by atoms with E-state index in [4.69, 9.17) is 16.0 Å². The van der Waals surface area contributed by atoms with E-state index in [0.29, 0.717) is 12.5 Å². The van der Waals surface area contributed by atoms with Gasteiger partial charge in [0.1, 0.15) is 5.82 Å². The third-order valence-corrected chi connectivity index (χ3v) is 5.61. The van der Waals surface area contributed by atoms with E-state index in [-0.39, 0.29) is 5.96 Å². The lowest BCUT2D eigenvalue weighted by atomic mass is 9.93. The van der Waals surface area contributed by atoms with Crippen LogP contribution in [0.5, 0.6) is 0 Å². The number of likely N-dealkylation sites (tertiary alicyclic amines) is 1. The second-order valence-corrected chi connectivity index (χ2v) is 7.69. The Bertz CT molecular complexity index is 1060. The summed E-state index contributed by atoms with van der Waals surface area (Å²) in [6, 6.07) is 6.02. The molecular formula is C19H20BrN9. The zero-order valence-electron chi connectivity index (χ0n) is 15.7. The van der Waals surface area contributed by atoms with E-state index in [1.165, 1.54) is 0 Å². The molecule has 4 heterocycles. The first-order chi connectivity index (χ1) is 14.2. The van der Waals surface area contributed by atoms with Gasteiger partial charge in [-0.05, 0) is 40.4 Å². The number of halogens is 1. The minimum Gasteiger partial charge on any atom is -0.369 e. The van der Waals surface area contributed by atoms with Gasteiger partial charge in [-0.2, -0.15) is 14.9 Å². The highest BCUT2D eigenvalue weighted by Gasteiger charge is 2.24. The van der Waals surface area contributed by atoms with Crippen molar-refractivity contribution in [2.24, 2.45) is 10.7 Å². The van der Waals surface area contributed by atoms with Gasteiger partial charge in [-0.3, -0.25) is 4.98 Å². The van der Waals surface area contributed by atoms with Gasteiger partial charge in [-0.15, -0.1) is 4.99 Å². The lowest BCUT2D eigenvalue weighted by Gasteiger charge is -2.32. The van der Waals surface area contributed by atoms with Crippen LogP contribution in [0.15, 0.2) is 46.3 Å². The molecule has 1 aliphatic heterocycles. The van der Waals surface area contributed by atoms with Gasteiger partial charge >= 0.3 is 0 Å². The standard InChI is InChI=1S/C19H20BrN9/c20-15-11-26-29-17(24-10-13-2-1-5-23-9-13)8-16(27-18(15)29)14-3-6-28(7-4-14)19(22)25-12-21/h1-2,5,8-9,11,14,24H,3-4,6-7,10H2,(H2,22,25). The van der Waals surface area contributed by atoms with Crippen LogP contribution in [0.1, 0.15) is 30.0 Å². The van der Waals surface area contributed by atoms with Crippen LogP contribution in [-0.4, -0.2) is 43.5 Å². The molecule has 0 amide bonds. The summed E-state index contributed by atoms with van der Waals surface area (Å²) < 4.78 is 2.66. The Morgan fingerprint density at radius 3 is 2.93 bits per heavy atom. The summed E-state index contributed by atoms with van der Waals surface area (Å²) >= 11 is 3.55. The summed E-state index contributed by atoms with van der Waals surface area (Å²) in [5.74, 6) is 1.46. The van der Waals surface area contributed by atoms with Crippen molar-refractivity contribution in [2.75, 3.05) is 18.4 Å². The molecule has 148 valence electrons. The van der Waals surface area contributed by atoms with Crippen LogP contribution < -0.4 is 11.1 Å². The molecule has 3 aromatic heterocycles. The Balaban J connectivity index is 1.56. The van der Waals surface area contributed by atoms with Crippen LogP contribution >= 0.6 is 15.9 Å². The van der Waals surface area contributed by atoms with Crippen molar-refractivity contribution in [2.45, 2.75) is 25.3 Å². The fourth-order valence-electron chi connectivity index (χ4n) is 3.51. The number of nitrogens with two attached hydrogens (primary N) is 1. The summed E-state index contributed by atoms with van der Waals surface area (Å²) in [6.45, 7) is 2.13. The van der Waals surface area contributed by atoms with Crippen molar-refractivity contribution in [3.63, 3.8) is 0 Å². The van der Waals surface area contributed by atoms with Crippen molar-refractivity contribution >= 4 is 33.4 Å². The summed E-state index contributed by atoms with van der Waals surface area (Å²) in [5, 5.41) is 16.6. The molecule has 4 rings (SSSR count). The Kier molecular flexibility index (Phi) is 5.57. The second-order valence-electron chi connectivity index (χ2n) is 6.84. The number of guanidine groups is 1. The number of fused-ring (bicyclic) bond motifs is 1. The first kappa shape index (κ1) is 19.1. The number of nitrogens with one attached hydrogen (secondary N) is 1. The monoisotopic (exact) mass is 453 g/mol. The molecule has 0 saturated carbocycles. The summed E-state index contributed by atoms with van der Waals surface area (Å²) in [5.41, 5.74) is 8.73. The van der Waals surface area contributed by atoms with E-state index in [2.05, 4.69) is 42.4 Å². The van der Waals surface area contributed by atoms with E-state index in [9.17, 15) is 0 Å². The number of hydrogen-bond acceptors (Lipinski definition) is 6. The van der Waals surface area contributed by atoms with Gasteiger partial charge in [0.25, 0.3) is 0 Å². The molecule has 0 unspecified atom stereocenters. The number of piperidine rings is 1. The van der Waals surface area contributed by atoms with E-state index >= 15 is 0 Å². The van der Waals surface area contributed by atoms with Crippen molar-refractivity contribution < 1.29 is 0 Å². The Hall–Kier alpha value is -3.19. The third kappa shape index (κ3) is 4.14. The van der Waals surface area contributed by atoms with Crippen LogP contribution in [0.3, 0.4) is 0 Å². The Morgan fingerprint density at radius 1 is 1.38 bits per heavy atom. The normalized spacial score (nSPS) is 15.4. The van der Waals surface area contributed by atoms with E-state index in [1.54, 1.807) is 23.1 Å². The van der Waals surface area contributed by atoms with Crippen LogP contribution in [0.2, 0.25) is 0 Å². The van der Waals surface area contributed by atoms with E-state index < -0.39 is 0 Å². The molecule has 0 bridgehead atoms. The third-order valence-electron chi connectivity index (χ3n) is 5.05. The minimum absolute atomic E-state index is 0.284. The van der Waals surface area contributed by atoms with Crippen molar-refractivity contribution in [3.8, 4) is 6.19 Å². The lowest BCUT2D eigenvalue weighted by Crippen LogP contribution is -2.42. The quantitative estimate of drug-likeness (QED) is 0.353. The highest BCUT2D eigenvalue weighted by molar-refractivity contribution is 9.10. The second kappa shape index (κ2) is 8.45. The van der Waals surface area contributed by atoms with Crippen molar-refractivity contribution in [1.82, 2.24) is 24.5 Å². The highest BCUT2D eigenvalue weighted by Crippen LogP contribution is 2.30. The molecule has 10 heteroatoms. The average Bonchev–Trinajstić information content (AvgIpc) is 3.14. The molecule has 1 fully saturated rings. The molecule has 1 saturated heterocycles. The molecule has 0 radical (unpaired) electrons. The molecule has 0 aliphatic carbocycles. The van der Waals surface area contributed by atoms with E-state index in [0.717, 1.165) is 53.1 Å². The van der Waals surface area contributed by atoms with Crippen molar-refractivity contribution in [1.29, 1.82) is 5.26 Å². The van der Waals surface area contributed by atoms with Gasteiger partial charge in [-0.25, -0.2) is 4.98 Å². The first-order valence-electron chi connectivity index (χ1n) is 9.30. The van der Waals surface area contributed by atoms with Gasteiger partial charge in [0, 0.05) is 49.7 Å². The number of anilines is 1. The molecule has 1 aliphatic rings. The molecule has 0 spiro atoms. The van der Waals surface area contributed by atoms with Gasteiger partial charge in [-0.1, -0.05) is 6.07 Å². The first-order valence-corrected chi connectivity index (χ1v) is 10.1. The van der Waals surface area contributed by atoms with Crippen LogP contribution in [0.4, 0.5) is 5.82 Å². The number of pyridine rings is 1. The SMILES string of the molecule is N#C/N=C(/N)N1CCC(c2cc(NCc3cccnc3)n3ncc(Br)c3n2)CC1. The molecule has 3 aromatic rings. The summed E-state index contributed by atoms with van der Waals surface area (Å²) in [6.07, 6.45) is 8.88. The predicted octanol–water partition coefficient (Wildman–Crippen LogP) is 2.47. The number of hydrogen-bond donors (Lipinski definition) is 2. The van der Waals surface area contributed by atoms with Crippen molar-refractivity contribution in [3.05, 3.63) is 52.5 Å². The van der Waals surface area contributed by atoms with Gasteiger partial charge < -0.3 is 16.0 Å². The Morgan fingerprint density at radius 2 is 2.21 bits per heavy atom. The highest BCUT2D eigenvalue weighted by atomic mass is 79.9. The number of aliphatic imine (C=N–C) groups is 1. The maximum Gasteiger partial charge on any atom is 0.209 e. The lowest BCUT2D eigenvalue weighted by molar-refractivity contribution is 0.308. The summed E-state index contributed by atoms with van der Waals surface area (Å²) in [7, 11) is 0. The molecule has 0 atom stereocenters. The van der Waals surface area contributed by atoms with Gasteiger partial charge in [0.15, 0.2) is 5.65 Å². The number of nitrogens with zero attached hydrogens (tertiary/aromatic N) is 7. The maximum absolute atomic E-state index is 8.69. The molecular weight excluding hydrogens is 434 g/mol. The zero-order valence-corrected chi connectivity index (χ0v) is 17.2. The van der Waals surface area contributed by atoms with Crippen LogP contribution in [0, 0.1) is 11.5 Å². The van der Waals surface area contributed by atoms with Crippen LogP contribution in [-0.2, 0) is 6.54 Å². The van der Waals surface area contributed by atoms with Gasteiger partial charge in [0.05, 0.1) is 10.7 Å². The van der Waals surface area contributed by atoms with E-state index in [1.807, 2.05) is 23.2 Å². The zero-order chi connectivity index (χ0) is 20.2. The predicted molar refractivity (Wildman–Crippen MR) is 113 cm³/mol. The fourth-order valence-corrected chi connectivity index (χ4v) is 3.86. The summed E-state index contributed by atoms with van der Waals surface area (Å²) in [4.78, 5) is 14.6. The van der Waals surface area contributed by atoms with Crippen LogP contribution in [0.25, 0.3) is 5.65 Å². The number of nitriles is 1. The molecule has 9 nitrogen and oxygen atoms in total. The Labute approximate surface area is 176 Å². The molecule has 3 N–H and O–H groups in total. The smallest absolute Gasteiger partial charge is 0.209 e. The van der Waals surface area contributed by atoms with Gasteiger partial charge in [0.2, 0.25) is 12.2 Å².